The van der Waals surface area contributed by atoms with E-state index in [0.29, 0.717) is 29.6 Å². The number of carbonyl (C=O) groups is 1. The van der Waals surface area contributed by atoms with Crippen molar-refractivity contribution in [3.05, 3.63) is 65.5 Å². The molecule has 0 spiro atoms. The molecule has 1 fully saturated rings. The van der Waals surface area contributed by atoms with Gasteiger partial charge in [0.1, 0.15) is 11.6 Å². The molecule has 1 saturated heterocycles. The summed E-state index contributed by atoms with van der Waals surface area (Å²) in [6, 6.07) is 6.94. The molecular weight excluding hydrogens is 366 g/mol. The number of benzene rings is 1. The highest BCUT2D eigenvalue weighted by Gasteiger charge is 2.29. The standard InChI is InChI=1S/C20H20F2N4O2/c21-13-3-4-17(22)15(10-13)18-2-1-7-25(18)14-5-8-26-19(11-14)16(12-24-26)20(28)23-6-9-27/h3-5,8,10-12,18,27H,1-2,6-7,9H2,(H,23,28). The summed E-state index contributed by atoms with van der Waals surface area (Å²) < 4.78 is 29.6. The molecule has 8 heteroatoms. The minimum atomic E-state index is -0.461. The van der Waals surface area contributed by atoms with Crippen LogP contribution < -0.4 is 10.2 Å². The first-order chi connectivity index (χ1) is 13.6. The van der Waals surface area contributed by atoms with Crippen molar-refractivity contribution in [1.82, 2.24) is 14.9 Å². The van der Waals surface area contributed by atoms with Crippen LogP contribution in [0.1, 0.15) is 34.8 Å². The van der Waals surface area contributed by atoms with Gasteiger partial charge in [-0.15, -0.1) is 0 Å². The molecule has 0 aliphatic carbocycles. The van der Waals surface area contributed by atoms with Crippen molar-refractivity contribution < 1.29 is 18.7 Å². The van der Waals surface area contributed by atoms with Crippen LogP contribution in [0.3, 0.4) is 0 Å². The fraction of sp³-hybridized carbons (Fsp3) is 0.300. The number of aromatic nitrogens is 2. The van der Waals surface area contributed by atoms with Crippen molar-refractivity contribution in [3.8, 4) is 0 Å². The Morgan fingerprint density at radius 2 is 2.14 bits per heavy atom. The van der Waals surface area contributed by atoms with Crippen molar-refractivity contribution >= 4 is 17.1 Å². The molecule has 0 bridgehead atoms. The van der Waals surface area contributed by atoms with Gasteiger partial charge in [-0.3, -0.25) is 4.79 Å². The molecule has 4 rings (SSSR count). The van der Waals surface area contributed by atoms with Gasteiger partial charge in [0.2, 0.25) is 0 Å². The van der Waals surface area contributed by atoms with Crippen molar-refractivity contribution in [2.45, 2.75) is 18.9 Å². The van der Waals surface area contributed by atoms with E-state index in [4.69, 9.17) is 5.11 Å². The second-order valence-corrected chi connectivity index (χ2v) is 6.77. The lowest BCUT2D eigenvalue weighted by atomic mass is 10.0. The SMILES string of the molecule is O=C(NCCO)c1cnn2ccc(N3CCCC3c3cc(F)ccc3F)cc12. The van der Waals surface area contributed by atoms with Crippen LogP contribution in [0.15, 0.2) is 42.7 Å². The average Bonchev–Trinajstić information content (AvgIpc) is 3.34. The molecule has 1 aromatic carbocycles. The summed E-state index contributed by atoms with van der Waals surface area (Å²) in [6.07, 6.45) is 4.79. The van der Waals surface area contributed by atoms with Gasteiger partial charge in [0.15, 0.2) is 0 Å². The van der Waals surface area contributed by atoms with Crippen LogP contribution in [-0.2, 0) is 0 Å². The molecule has 1 amide bonds. The van der Waals surface area contributed by atoms with Gasteiger partial charge in [0, 0.05) is 30.5 Å². The summed E-state index contributed by atoms with van der Waals surface area (Å²) in [7, 11) is 0. The summed E-state index contributed by atoms with van der Waals surface area (Å²) in [5.74, 6) is -1.21. The summed E-state index contributed by atoms with van der Waals surface area (Å²) >= 11 is 0. The molecule has 3 aromatic rings. The Bertz CT molecular complexity index is 1020. The van der Waals surface area contributed by atoms with Crippen molar-refractivity contribution in [2.75, 3.05) is 24.6 Å². The van der Waals surface area contributed by atoms with Gasteiger partial charge in [-0.05, 0) is 43.2 Å². The van der Waals surface area contributed by atoms with Crippen molar-refractivity contribution in [1.29, 1.82) is 0 Å². The molecule has 28 heavy (non-hydrogen) atoms. The second-order valence-electron chi connectivity index (χ2n) is 6.77. The number of pyridine rings is 1. The van der Waals surface area contributed by atoms with Crippen molar-refractivity contribution in [2.24, 2.45) is 0 Å². The predicted molar refractivity (Wildman–Crippen MR) is 100 cm³/mol. The molecule has 1 unspecified atom stereocenters. The number of rotatable bonds is 5. The van der Waals surface area contributed by atoms with E-state index in [2.05, 4.69) is 10.4 Å². The fourth-order valence-electron chi connectivity index (χ4n) is 3.76. The number of hydrogen-bond acceptors (Lipinski definition) is 4. The number of nitrogens with one attached hydrogen (secondary N) is 1. The van der Waals surface area contributed by atoms with Crippen LogP contribution in [0.2, 0.25) is 0 Å². The number of nitrogens with zero attached hydrogens (tertiary/aromatic N) is 3. The highest BCUT2D eigenvalue weighted by Crippen LogP contribution is 2.38. The molecule has 0 saturated carbocycles. The van der Waals surface area contributed by atoms with Gasteiger partial charge >= 0.3 is 0 Å². The Balaban J connectivity index is 1.70. The van der Waals surface area contributed by atoms with Crippen LogP contribution >= 0.6 is 0 Å². The lowest BCUT2D eigenvalue weighted by molar-refractivity contribution is 0.0946. The van der Waals surface area contributed by atoms with Gasteiger partial charge in [-0.2, -0.15) is 5.10 Å². The van der Waals surface area contributed by atoms with E-state index >= 15 is 0 Å². The predicted octanol–water partition coefficient (Wildman–Crippen LogP) is 2.68. The Hall–Kier alpha value is -3.00. The zero-order valence-corrected chi connectivity index (χ0v) is 15.1. The fourth-order valence-corrected chi connectivity index (χ4v) is 3.76. The van der Waals surface area contributed by atoms with Crippen LogP contribution in [0.5, 0.6) is 0 Å². The number of amides is 1. The summed E-state index contributed by atoms with van der Waals surface area (Å²) in [6.45, 7) is 0.713. The first-order valence-electron chi connectivity index (χ1n) is 9.16. The van der Waals surface area contributed by atoms with Crippen LogP contribution in [0, 0.1) is 11.6 Å². The molecule has 2 N–H and O–H groups in total. The molecule has 0 radical (unpaired) electrons. The summed E-state index contributed by atoms with van der Waals surface area (Å²) in [4.78, 5) is 14.3. The zero-order valence-electron chi connectivity index (χ0n) is 15.1. The lowest BCUT2D eigenvalue weighted by Crippen LogP contribution is -2.26. The maximum Gasteiger partial charge on any atom is 0.255 e. The molecule has 6 nitrogen and oxygen atoms in total. The highest BCUT2D eigenvalue weighted by molar-refractivity contribution is 6.01. The van der Waals surface area contributed by atoms with Gasteiger partial charge < -0.3 is 15.3 Å². The van der Waals surface area contributed by atoms with E-state index in [0.717, 1.165) is 24.2 Å². The normalized spacial score (nSPS) is 16.7. The largest absolute Gasteiger partial charge is 0.395 e. The number of carbonyl (C=O) groups excluding carboxylic acids is 1. The number of anilines is 1. The minimum Gasteiger partial charge on any atom is -0.395 e. The number of fused-ring (bicyclic) bond motifs is 1. The summed E-state index contributed by atoms with van der Waals surface area (Å²) in [5.41, 5.74) is 2.16. The monoisotopic (exact) mass is 386 g/mol. The molecule has 2 aromatic heterocycles. The lowest BCUT2D eigenvalue weighted by Gasteiger charge is -2.27. The number of aliphatic hydroxyl groups excluding tert-OH is 1. The first kappa shape index (κ1) is 18.4. The third kappa shape index (κ3) is 3.31. The molecule has 146 valence electrons. The zero-order chi connectivity index (χ0) is 19.7. The Morgan fingerprint density at radius 1 is 1.29 bits per heavy atom. The van der Waals surface area contributed by atoms with Crippen LogP contribution in [0.25, 0.3) is 5.52 Å². The third-order valence-corrected chi connectivity index (χ3v) is 5.05. The first-order valence-corrected chi connectivity index (χ1v) is 9.16. The highest BCUT2D eigenvalue weighted by atomic mass is 19.1. The smallest absolute Gasteiger partial charge is 0.255 e. The van der Waals surface area contributed by atoms with Gasteiger partial charge in [0.25, 0.3) is 5.91 Å². The second kappa shape index (κ2) is 7.55. The van der Waals surface area contributed by atoms with E-state index in [-0.39, 0.29) is 25.1 Å². The van der Waals surface area contributed by atoms with E-state index < -0.39 is 11.6 Å². The molecule has 3 heterocycles. The molecule has 1 atom stereocenters. The van der Waals surface area contributed by atoms with Crippen LogP contribution in [0.4, 0.5) is 14.5 Å². The van der Waals surface area contributed by atoms with E-state index in [1.165, 1.54) is 12.3 Å². The topological polar surface area (TPSA) is 69.9 Å². The average molecular weight is 386 g/mol. The van der Waals surface area contributed by atoms with Gasteiger partial charge in [0.05, 0.1) is 29.9 Å². The Labute approximate surface area is 160 Å². The van der Waals surface area contributed by atoms with Crippen molar-refractivity contribution in [3.63, 3.8) is 0 Å². The quantitative estimate of drug-likeness (QED) is 0.707. The molecule has 1 aliphatic rings. The van der Waals surface area contributed by atoms with E-state index in [1.54, 1.807) is 10.7 Å². The molecular formula is C20H20F2N4O2. The number of hydrogen-bond donors (Lipinski definition) is 2. The van der Waals surface area contributed by atoms with E-state index in [9.17, 15) is 13.6 Å². The third-order valence-electron chi connectivity index (χ3n) is 5.05. The van der Waals surface area contributed by atoms with Gasteiger partial charge in [-0.1, -0.05) is 0 Å². The maximum atomic E-state index is 14.3. The van der Waals surface area contributed by atoms with Gasteiger partial charge in [-0.25, -0.2) is 13.3 Å². The maximum absolute atomic E-state index is 14.3. The molecule has 1 aliphatic heterocycles. The number of halogens is 2. The minimum absolute atomic E-state index is 0.148. The number of aliphatic hydroxyl groups is 1. The summed E-state index contributed by atoms with van der Waals surface area (Å²) in [5, 5.41) is 15.7. The Morgan fingerprint density at radius 3 is 2.96 bits per heavy atom. The van der Waals surface area contributed by atoms with E-state index in [1.807, 2.05) is 17.0 Å². The van der Waals surface area contributed by atoms with Crippen LogP contribution in [-0.4, -0.2) is 40.3 Å². The Kier molecular flexibility index (Phi) is 4.95.